The summed E-state index contributed by atoms with van der Waals surface area (Å²) in [6.45, 7) is 1.65. The number of benzene rings is 1. The van der Waals surface area contributed by atoms with Gasteiger partial charge in [-0.25, -0.2) is 9.18 Å². The number of hydrogen-bond donors (Lipinski definition) is 2. The lowest BCUT2D eigenvalue weighted by Gasteiger charge is -2.16. The molecule has 0 spiro atoms. The van der Waals surface area contributed by atoms with Crippen LogP contribution in [-0.2, 0) is 9.53 Å². The zero-order valence-electron chi connectivity index (χ0n) is 14.4. The van der Waals surface area contributed by atoms with Crippen LogP contribution < -0.4 is 16.4 Å². The average molecular weight is 372 g/mol. The predicted octanol–water partition coefficient (Wildman–Crippen LogP) is 1.43. The molecule has 2 aromatic rings. The monoisotopic (exact) mass is 372 g/mol. The van der Waals surface area contributed by atoms with Crippen molar-refractivity contribution in [1.29, 1.82) is 0 Å². The van der Waals surface area contributed by atoms with Crippen molar-refractivity contribution in [3.8, 4) is 11.1 Å². The van der Waals surface area contributed by atoms with Crippen LogP contribution in [0.3, 0.4) is 0 Å². The zero-order chi connectivity index (χ0) is 19.7. The van der Waals surface area contributed by atoms with E-state index in [2.05, 4.69) is 4.98 Å². The van der Waals surface area contributed by atoms with Crippen molar-refractivity contribution in [3.63, 3.8) is 0 Å². The van der Waals surface area contributed by atoms with Crippen LogP contribution in [0.2, 0.25) is 0 Å². The number of amides is 3. The molecular weight excluding hydrogens is 355 g/mol. The van der Waals surface area contributed by atoms with Gasteiger partial charge in [0.25, 0.3) is 5.91 Å². The smallest absolute Gasteiger partial charge is 0.414 e. The Hall–Kier alpha value is -3.49. The highest BCUT2D eigenvalue weighted by Gasteiger charge is 2.37. The fraction of sp³-hybridized carbons (Fsp3) is 0.222. The lowest BCUT2D eigenvalue weighted by molar-refractivity contribution is -0.123. The van der Waals surface area contributed by atoms with E-state index < -0.39 is 35.7 Å². The number of carbonyl (C=O) groups excluding carboxylic acids is 3. The number of hydrogen-bond acceptors (Lipinski definition) is 5. The van der Waals surface area contributed by atoms with E-state index in [4.69, 9.17) is 16.2 Å². The van der Waals surface area contributed by atoms with E-state index in [1.54, 1.807) is 19.1 Å². The normalized spacial score (nSPS) is 17.5. The Balaban J connectivity index is 1.87. The van der Waals surface area contributed by atoms with Crippen molar-refractivity contribution < 1.29 is 23.5 Å². The van der Waals surface area contributed by atoms with E-state index in [-0.39, 0.29) is 23.5 Å². The Morgan fingerprint density at radius 1 is 1.30 bits per heavy atom. The number of primary amides is 2. The first-order valence-corrected chi connectivity index (χ1v) is 8.11. The molecule has 0 radical (unpaired) electrons. The topological polar surface area (TPSA) is 129 Å². The van der Waals surface area contributed by atoms with Crippen LogP contribution in [0, 0.1) is 11.7 Å². The fourth-order valence-electron chi connectivity index (χ4n) is 2.78. The highest BCUT2D eigenvalue weighted by atomic mass is 19.1. The maximum absolute atomic E-state index is 14.6. The van der Waals surface area contributed by atoms with Crippen molar-refractivity contribution in [2.45, 2.75) is 13.0 Å². The molecule has 2 unspecified atom stereocenters. The number of nitrogens with two attached hydrogens (primary N) is 2. The van der Waals surface area contributed by atoms with Crippen molar-refractivity contribution in [1.82, 2.24) is 4.98 Å². The van der Waals surface area contributed by atoms with Crippen LogP contribution in [0.4, 0.5) is 14.9 Å². The molecule has 27 heavy (non-hydrogen) atoms. The predicted molar refractivity (Wildman–Crippen MR) is 94.1 cm³/mol. The molecule has 0 aliphatic carbocycles. The van der Waals surface area contributed by atoms with E-state index in [0.29, 0.717) is 5.56 Å². The van der Waals surface area contributed by atoms with Crippen LogP contribution in [0.5, 0.6) is 0 Å². The number of cyclic esters (lactones) is 1. The van der Waals surface area contributed by atoms with Gasteiger partial charge in [-0.1, -0.05) is 0 Å². The van der Waals surface area contributed by atoms with Crippen LogP contribution in [0.25, 0.3) is 11.1 Å². The van der Waals surface area contributed by atoms with E-state index in [1.807, 2.05) is 0 Å². The van der Waals surface area contributed by atoms with E-state index in [9.17, 15) is 18.8 Å². The lowest BCUT2D eigenvalue weighted by Crippen LogP contribution is -2.34. The summed E-state index contributed by atoms with van der Waals surface area (Å²) >= 11 is 0. The number of anilines is 1. The van der Waals surface area contributed by atoms with Crippen LogP contribution in [-0.4, -0.2) is 35.5 Å². The van der Waals surface area contributed by atoms with Gasteiger partial charge in [-0.2, -0.15) is 0 Å². The zero-order valence-corrected chi connectivity index (χ0v) is 14.4. The molecule has 9 heteroatoms. The van der Waals surface area contributed by atoms with Crippen molar-refractivity contribution in [3.05, 3.63) is 48.0 Å². The minimum atomic E-state index is -0.719. The summed E-state index contributed by atoms with van der Waals surface area (Å²) in [6, 6.07) is 7.12. The molecule has 140 valence electrons. The molecule has 1 saturated heterocycles. The Morgan fingerprint density at radius 3 is 2.67 bits per heavy atom. The second kappa shape index (κ2) is 7.02. The van der Waals surface area contributed by atoms with Crippen LogP contribution in [0.1, 0.15) is 17.4 Å². The minimum absolute atomic E-state index is 0.0161. The summed E-state index contributed by atoms with van der Waals surface area (Å²) in [5, 5.41) is 0. The maximum Gasteiger partial charge on any atom is 0.414 e. The summed E-state index contributed by atoms with van der Waals surface area (Å²) in [4.78, 5) is 39.6. The summed E-state index contributed by atoms with van der Waals surface area (Å²) in [6.07, 6.45) is -0.0209. The number of rotatable bonds is 5. The standard InChI is InChI=1S/C18H17FN4O4/c1-9(16(20)24)15-8-23(18(26)27-15)11-2-3-12(13(19)7-11)10-4-5-22-14(6-10)17(21)25/h2-7,9,15H,8H2,1H3,(H2,20,24)(H2,21,25). The van der Waals surface area contributed by atoms with Gasteiger partial charge in [-0.15, -0.1) is 0 Å². The molecule has 1 aliphatic rings. The number of ether oxygens (including phenoxy) is 1. The second-order valence-electron chi connectivity index (χ2n) is 6.18. The number of halogens is 1. The number of pyridine rings is 1. The molecule has 0 saturated carbocycles. The van der Waals surface area contributed by atoms with E-state index >= 15 is 0 Å². The maximum atomic E-state index is 14.6. The molecular formula is C18H17FN4O4. The highest BCUT2D eigenvalue weighted by Crippen LogP contribution is 2.30. The van der Waals surface area contributed by atoms with Crippen molar-refractivity contribution in [2.75, 3.05) is 11.4 Å². The first-order valence-electron chi connectivity index (χ1n) is 8.11. The van der Waals surface area contributed by atoms with Gasteiger partial charge in [0.05, 0.1) is 18.2 Å². The minimum Gasteiger partial charge on any atom is -0.443 e. The lowest BCUT2D eigenvalue weighted by atomic mass is 10.0. The van der Waals surface area contributed by atoms with Gasteiger partial charge in [0.2, 0.25) is 5.91 Å². The third-order valence-corrected chi connectivity index (χ3v) is 4.43. The van der Waals surface area contributed by atoms with Gasteiger partial charge in [0.15, 0.2) is 0 Å². The summed E-state index contributed by atoms with van der Waals surface area (Å²) in [7, 11) is 0. The molecule has 4 N–H and O–H groups in total. The Labute approximate surface area is 153 Å². The van der Waals surface area contributed by atoms with Gasteiger partial charge in [0, 0.05) is 11.8 Å². The molecule has 2 heterocycles. The first-order chi connectivity index (χ1) is 12.8. The SMILES string of the molecule is CC(C(N)=O)C1CN(c2ccc(-c3ccnc(C(N)=O)c3)c(F)c2)C(=O)O1. The highest BCUT2D eigenvalue weighted by molar-refractivity contribution is 5.93. The Kier molecular flexibility index (Phi) is 4.76. The third kappa shape index (κ3) is 3.57. The summed E-state index contributed by atoms with van der Waals surface area (Å²) in [5.74, 6) is -2.57. The van der Waals surface area contributed by atoms with Gasteiger partial charge >= 0.3 is 6.09 Å². The second-order valence-corrected chi connectivity index (χ2v) is 6.18. The van der Waals surface area contributed by atoms with Gasteiger partial charge in [-0.3, -0.25) is 19.5 Å². The molecule has 8 nitrogen and oxygen atoms in total. The first kappa shape index (κ1) is 18.3. The fourth-order valence-corrected chi connectivity index (χ4v) is 2.78. The largest absolute Gasteiger partial charge is 0.443 e. The van der Waals surface area contributed by atoms with Gasteiger partial charge in [0.1, 0.15) is 17.6 Å². The molecule has 2 atom stereocenters. The number of carbonyl (C=O) groups is 3. The van der Waals surface area contributed by atoms with E-state index in [0.717, 1.165) is 0 Å². The van der Waals surface area contributed by atoms with Gasteiger partial charge in [-0.05, 0) is 42.8 Å². The summed E-state index contributed by atoms with van der Waals surface area (Å²) in [5.41, 5.74) is 11.4. The van der Waals surface area contributed by atoms with E-state index in [1.165, 1.54) is 29.3 Å². The van der Waals surface area contributed by atoms with Crippen LogP contribution in [0.15, 0.2) is 36.5 Å². The average Bonchev–Trinajstić information content (AvgIpc) is 3.02. The van der Waals surface area contributed by atoms with Crippen molar-refractivity contribution in [2.24, 2.45) is 17.4 Å². The quantitative estimate of drug-likeness (QED) is 0.820. The molecule has 1 aromatic carbocycles. The number of nitrogens with zero attached hydrogens (tertiary/aromatic N) is 2. The molecule has 1 aromatic heterocycles. The Morgan fingerprint density at radius 2 is 2.04 bits per heavy atom. The molecule has 1 fully saturated rings. The molecule has 3 rings (SSSR count). The molecule has 0 bridgehead atoms. The third-order valence-electron chi connectivity index (χ3n) is 4.43. The van der Waals surface area contributed by atoms with Gasteiger partial charge < -0.3 is 16.2 Å². The molecule has 3 amide bonds. The van der Waals surface area contributed by atoms with Crippen LogP contribution >= 0.6 is 0 Å². The Bertz CT molecular complexity index is 933. The number of aromatic nitrogens is 1. The molecule has 1 aliphatic heterocycles. The summed E-state index contributed by atoms with van der Waals surface area (Å²) < 4.78 is 19.8. The van der Waals surface area contributed by atoms with Crippen molar-refractivity contribution >= 4 is 23.6 Å².